The molecule has 0 fully saturated rings. The highest BCUT2D eigenvalue weighted by Crippen LogP contribution is 2.22. The smallest absolute Gasteiger partial charge is 0.316 e. The second-order valence-corrected chi connectivity index (χ2v) is 2.85. The summed E-state index contributed by atoms with van der Waals surface area (Å²) >= 11 is 0. The van der Waals surface area contributed by atoms with Gasteiger partial charge in [-0.2, -0.15) is 0 Å². The molecule has 0 aromatic heterocycles. The Labute approximate surface area is 71.5 Å². The fourth-order valence-electron chi connectivity index (χ4n) is 0.758. The normalized spacial score (nSPS) is 15.2. The zero-order valence-electron chi connectivity index (χ0n) is 7.59. The van der Waals surface area contributed by atoms with Crippen molar-refractivity contribution in [3.8, 4) is 0 Å². The molecule has 0 saturated heterocycles. The van der Waals surface area contributed by atoms with Gasteiger partial charge in [-0.15, -0.1) is 0 Å². The Morgan fingerprint density at radius 1 is 1.50 bits per heavy atom. The monoisotopic (exact) mass is 174 g/mol. The van der Waals surface area contributed by atoms with Crippen LogP contribution in [0, 0.1) is 5.41 Å². The molecular formula is C8H14O4. The molecule has 1 N–H and O–H groups in total. The lowest BCUT2D eigenvalue weighted by molar-refractivity contribution is -0.155. The number of carbonyl (C=O) groups is 2. The molecule has 1 atom stereocenters. The average Bonchev–Trinajstić information content (AvgIpc) is 2.03. The van der Waals surface area contributed by atoms with Crippen molar-refractivity contribution in [3.63, 3.8) is 0 Å². The van der Waals surface area contributed by atoms with E-state index < -0.39 is 11.4 Å². The number of aliphatic carboxylic acids is 1. The molecule has 70 valence electrons. The first-order chi connectivity index (χ1) is 5.49. The SMILES string of the molecule is CCC(C)(C(=O)O)C(=O)COC. The zero-order chi connectivity index (χ0) is 9.78. The molecule has 0 aromatic rings. The Morgan fingerprint density at radius 3 is 2.25 bits per heavy atom. The summed E-state index contributed by atoms with van der Waals surface area (Å²) in [5, 5.41) is 8.75. The molecule has 0 aliphatic heterocycles. The predicted molar refractivity (Wildman–Crippen MR) is 42.9 cm³/mol. The van der Waals surface area contributed by atoms with Crippen molar-refractivity contribution in [1.82, 2.24) is 0 Å². The van der Waals surface area contributed by atoms with Gasteiger partial charge in [0.25, 0.3) is 0 Å². The van der Waals surface area contributed by atoms with Crippen molar-refractivity contribution < 1.29 is 19.4 Å². The Bertz CT molecular complexity index is 187. The first-order valence-corrected chi connectivity index (χ1v) is 3.74. The summed E-state index contributed by atoms with van der Waals surface area (Å²) in [6.07, 6.45) is 0.282. The van der Waals surface area contributed by atoms with Gasteiger partial charge < -0.3 is 9.84 Å². The van der Waals surface area contributed by atoms with Crippen LogP contribution in [0.5, 0.6) is 0 Å². The topological polar surface area (TPSA) is 63.6 Å². The fraction of sp³-hybridized carbons (Fsp3) is 0.750. The van der Waals surface area contributed by atoms with Gasteiger partial charge in [-0.3, -0.25) is 9.59 Å². The molecule has 1 unspecified atom stereocenters. The van der Waals surface area contributed by atoms with E-state index in [1.54, 1.807) is 6.92 Å². The van der Waals surface area contributed by atoms with Crippen LogP contribution in [0.15, 0.2) is 0 Å². The molecular weight excluding hydrogens is 160 g/mol. The summed E-state index contributed by atoms with van der Waals surface area (Å²) in [7, 11) is 1.37. The van der Waals surface area contributed by atoms with E-state index in [-0.39, 0.29) is 18.8 Å². The van der Waals surface area contributed by atoms with Gasteiger partial charge in [0.05, 0.1) is 0 Å². The van der Waals surface area contributed by atoms with E-state index in [0.29, 0.717) is 0 Å². The number of Topliss-reactive ketones (excluding diaryl/α,β-unsaturated/α-hetero) is 1. The highest BCUT2D eigenvalue weighted by Gasteiger charge is 2.38. The quantitative estimate of drug-likeness (QED) is 0.623. The first-order valence-electron chi connectivity index (χ1n) is 3.74. The van der Waals surface area contributed by atoms with Gasteiger partial charge in [0.15, 0.2) is 5.78 Å². The van der Waals surface area contributed by atoms with Crippen molar-refractivity contribution in [2.45, 2.75) is 20.3 Å². The molecule has 0 radical (unpaired) electrons. The van der Waals surface area contributed by atoms with Crippen molar-refractivity contribution in [2.75, 3.05) is 13.7 Å². The number of carboxylic acid groups (broad SMARTS) is 1. The van der Waals surface area contributed by atoms with Gasteiger partial charge in [0.2, 0.25) is 0 Å². The van der Waals surface area contributed by atoms with Gasteiger partial charge in [0, 0.05) is 7.11 Å². The molecule has 4 heteroatoms. The van der Waals surface area contributed by atoms with Crippen LogP contribution < -0.4 is 0 Å². The fourth-order valence-corrected chi connectivity index (χ4v) is 0.758. The lowest BCUT2D eigenvalue weighted by Crippen LogP contribution is -2.38. The lowest BCUT2D eigenvalue weighted by atomic mass is 9.83. The van der Waals surface area contributed by atoms with Crippen LogP contribution in [0.2, 0.25) is 0 Å². The van der Waals surface area contributed by atoms with E-state index in [0.717, 1.165) is 0 Å². The molecule has 0 aliphatic rings. The number of carboxylic acids is 1. The van der Waals surface area contributed by atoms with Crippen LogP contribution >= 0.6 is 0 Å². The van der Waals surface area contributed by atoms with Crippen molar-refractivity contribution >= 4 is 11.8 Å². The highest BCUT2D eigenvalue weighted by molar-refractivity contribution is 6.03. The second kappa shape index (κ2) is 4.21. The van der Waals surface area contributed by atoms with Gasteiger partial charge in [-0.05, 0) is 13.3 Å². The van der Waals surface area contributed by atoms with Crippen molar-refractivity contribution in [1.29, 1.82) is 0 Å². The Kier molecular flexibility index (Phi) is 3.89. The number of carbonyl (C=O) groups excluding carboxylic acids is 1. The molecule has 0 saturated carbocycles. The largest absolute Gasteiger partial charge is 0.481 e. The van der Waals surface area contributed by atoms with Gasteiger partial charge in [-0.25, -0.2) is 0 Å². The molecule has 0 bridgehead atoms. The molecule has 0 heterocycles. The molecule has 0 rings (SSSR count). The minimum Gasteiger partial charge on any atom is -0.481 e. The van der Waals surface area contributed by atoms with Gasteiger partial charge >= 0.3 is 5.97 Å². The van der Waals surface area contributed by atoms with Crippen LogP contribution in [0.1, 0.15) is 20.3 Å². The summed E-state index contributed by atoms with van der Waals surface area (Å²) in [6, 6.07) is 0. The van der Waals surface area contributed by atoms with Gasteiger partial charge in [-0.1, -0.05) is 6.92 Å². The van der Waals surface area contributed by atoms with Crippen LogP contribution in [-0.2, 0) is 14.3 Å². The summed E-state index contributed by atoms with van der Waals surface area (Å²) in [5.41, 5.74) is -1.30. The molecule has 0 aliphatic carbocycles. The molecule has 0 aromatic carbocycles. The Morgan fingerprint density at radius 2 is 2.00 bits per heavy atom. The summed E-state index contributed by atoms with van der Waals surface area (Å²) in [6.45, 7) is 2.94. The van der Waals surface area contributed by atoms with Crippen LogP contribution in [0.3, 0.4) is 0 Å². The maximum Gasteiger partial charge on any atom is 0.316 e. The average molecular weight is 174 g/mol. The summed E-state index contributed by atoms with van der Waals surface area (Å²) < 4.78 is 4.59. The first kappa shape index (κ1) is 11.1. The number of ether oxygens (including phenoxy) is 1. The van der Waals surface area contributed by atoms with E-state index >= 15 is 0 Å². The van der Waals surface area contributed by atoms with E-state index in [2.05, 4.69) is 4.74 Å². The minimum atomic E-state index is -1.30. The van der Waals surface area contributed by atoms with E-state index in [9.17, 15) is 9.59 Å². The number of hydrogen-bond acceptors (Lipinski definition) is 3. The Balaban J connectivity index is 4.52. The zero-order valence-corrected chi connectivity index (χ0v) is 7.59. The number of methoxy groups -OCH3 is 1. The van der Waals surface area contributed by atoms with Crippen LogP contribution in [0.25, 0.3) is 0 Å². The standard InChI is InChI=1S/C8H14O4/c1-4-8(2,7(10)11)6(9)5-12-3/h4-5H2,1-3H3,(H,10,11). The molecule has 4 nitrogen and oxygen atoms in total. The van der Waals surface area contributed by atoms with Crippen LogP contribution in [-0.4, -0.2) is 30.6 Å². The third-order valence-corrected chi connectivity index (χ3v) is 2.07. The summed E-state index contributed by atoms with van der Waals surface area (Å²) in [4.78, 5) is 21.9. The molecule has 0 spiro atoms. The van der Waals surface area contributed by atoms with Crippen molar-refractivity contribution in [2.24, 2.45) is 5.41 Å². The Hall–Kier alpha value is -0.900. The predicted octanol–water partition coefficient (Wildman–Crippen LogP) is 0.703. The lowest BCUT2D eigenvalue weighted by Gasteiger charge is -2.20. The van der Waals surface area contributed by atoms with E-state index in [1.165, 1.54) is 14.0 Å². The second-order valence-electron chi connectivity index (χ2n) is 2.85. The number of hydrogen-bond donors (Lipinski definition) is 1. The summed E-state index contributed by atoms with van der Waals surface area (Å²) in [5.74, 6) is -1.48. The van der Waals surface area contributed by atoms with E-state index in [4.69, 9.17) is 5.11 Å². The maximum absolute atomic E-state index is 11.2. The van der Waals surface area contributed by atoms with Gasteiger partial charge in [0.1, 0.15) is 12.0 Å². The maximum atomic E-state index is 11.2. The van der Waals surface area contributed by atoms with Crippen molar-refractivity contribution in [3.05, 3.63) is 0 Å². The van der Waals surface area contributed by atoms with Crippen LogP contribution in [0.4, 0.5) is 0 Å². The van der Waals surface area contributed by atoms with E-state index in [1.807, 2.05) is 0 Å². The number of ketones is 1. The number of rotatable bonds is 5. The highest BCUT2D eigenvalue weighted by atomic mass is 16.5. The third kappa shape index (κ3) is 2.04. The molecule has 0 amide bonds. The molecule has 12 heavy (non-hydrogen) atoms. The third-order valence-electron chi connectivity index (χ3n) is 2.07. The minimum absolute atomic E-state index is 0.142.